The maximum Gasteiger partial charge on any atom is 0.410 e. The molecule has 0 saturated carbocycles. The van der Waals surface area contributed by atoms with Gasteiger partial charge in [0.2, 0.25) is 0 Å². The van der Waals surface area contributed by atoms with Crippen LogP contribution >= 0.6 is 0 Å². The Morgan fingerprint density at radius 1 is 0.493 bits per heavy atom. The van der Waals surface area contributed by atoms with Crippen LogP contribution in [0, 0.1) is 11.8 Å². The number of unbranched alkanes of at least 4 members (excludes halogenated alkanes) is 10. The number of hydrogen-bond donors (Lipinski definition) is 0. The number of rotatable bonds is 18. The molecule has 15 heteroatoms. The second-order valence-corrected chi connectivity index (χ2v) is 20.4. The van der Waals surface area contributed by atoms with Crippen molar-refractivity contribution in [3.63, 3.8) is 0 Å². The number of esters is 6. The summed E-state index contributed by atoms with van der Waals surface area (Å²) in [5, 5.41) is 0. The maximum atomic E-state index is 13.7. The van der Waals surface area contributed by atoms with E-state index in [4.69, 9.17) is 33.2 Å². The van der Waals surface area contributed by atoms with E-state index in [0.717, 1.165) is 116 Å². The Hall–Kier alpha value is -3.91. The number of ether oxygens (including phenoxy) is 7. The molecule has 0 aromatic carbocycles. The summed E-state index contributed by atoms with van der Waals surface area (Å²) in [5.74, 6) is -5.24. The standard InChI is InChI=1S/C54H93NO14/c1-6-8-10-12-23-27-31-63-47(56)35-43-37-49(58)65-33-29-25-21-19-17-15-14-16-18-20-22-26-30-34-66-50(59)38-44(36-48(57)64-32-28-24-13-11-9-7-2)40-52(61)68-46-42-55(53(62)69-54(3,4)5)41-45(46)67-51(60)39-43/h43-46H,6-42H2,1-5H3/t43?,44?,45-,46+. The third kappa shape index (κ3) is 32.6. The van der Waals surface area contributed by atoms with Gasteiger partial charge in [-0.3, -0.25) is 28.8 Å². The molecule has 0 aliphatic carbocycles. The first-order chi connectivity index (χ1) is 33.2. The molecule has 2 rings (SSSR count). The highest BCUT2D eigenvalue weighted by Crippen LogP contribution is 2.26. The van der Waals surface area contributed by atoms with E-state index in [1.165, 1.54) is 37.0 Å². The summed E-state index contributed by atoms with van der Waals surface area (Å²) in [6.07, 6.45) is 21.3. The molecule has 0 aromatic rings. The van der Waals surface area contributed by atoms with Crippen LogP contribution in [0.25, 0.3) is 0 Å². The second-order valence-electron chi connectivity index (χ2n) is 20.4. The molecule has 4 atom stereocenters. The van der Waals surface area contributed by atoms with Gasteiger partial charge < -0.3 is 38.1 Å². The highest BCUT2D eigenvalue weighted by molar-refractivity contribution is 5.78. The number of hydrogen-bond acceptors (Lipinski definition) is 14. The smallest absolute Gasteiger partial charge is 0.410 e. The van der Waals surface area contributed by atoms with E-state index in [1.807, 2.05) is 0 Å². The molecule has 2 unspecified atom stereocenters. The van der Waals surface area contributed by atoms with Gasteiger partial charge in [0.25, 0.3) is 0 Å². The largest absolute Gasteiger partial charge is 0.466 e. The van der Waals surface area contributed by atoms with Crippen molar-refractivity contribution in [2.75, 3.05) is 39.5 Å². The summed E-state index contributed by atoms with van der Waals surface area (Å²) >= 11 is 0. The van der Waals surface area contributed by atoms with Gasteiger partial charge in [-0.25, -0.2) is 4.79 Å². The van der Waals surface area contributed by atoms with Gasteiger partial charge in [-0.15, -0.1) is 0 Å². The van der Waals surface area contributed by atoms with Crippen LogP contribution in [0.4, 0.5) is 4.79 Å². The first-order valence-corrected chi connectivity index (χ1v) is 27.2. The minimum atomic E-state index is -1.13. The predicted octanol–water partition coefficient (Wildman–Crippen LogP) is 11.6. The summed E-state index contributed by atoms with van der Waals surface area (Å²) in [7, 11) is 0. The molecule has 2 heterocycles. The average Bonchev–Trinajstić information content (AvgIpc) is 3.67. The van der Waals surface area contributed by atoms with E-state index in [0.29, 0.717) is 12.8 Å². The summed E-state index contributed by atoms with van der Waals surface area (Å²) in [6.45, 7) is 10.1. The predicted molar refractivity (Wildman–Crippen MR) is 263 cm³/mol. The van der Waals surface area contributed by atoms with Crippen LogP contribution in [0.2, 0.25) is 0 Å². The molecule has 1 amide bonds. The first kappa shape index (κ1) is 61.2. The summed E-state index contributed by atoms with van der Waals surface area (Å²) in [6, 6.07) is 0. The summed E-state index contributed by atoms with van der Waals surface area (Å²) in [4.78, 5) is 94.3. The van der Waals surface area contributed by atoms with Gasteiger partial charge in [0.15, 0.2) is 12.2 Å². The number of cyclic esters (lactones) is 2. The topological polar surface area (TPSA) is 187 Å². The Morgan fingerprint density at radius 3 is 1.19 bits per heavy atom. The van der Waals surface area contributed by atoms with Crippen LogP contribution in [0.3, 0.4) is 0 Å². The zero-order valence-corrected chi connectivity index (χ0v) is 43.6. The lowest BCUT2D eigenvalue weighted by Gasteiger charge is -2.24. The molecule has 0 bridgehead atoms. The summed E-state index contributed by atoms with van der Waals surface area (Å²) < 4.78 is 39.6. The number of fused-ring (bicyclic) bond motifs is 1. The van der Waals surface area contributed by atoms with Gasteiger partial charge in [-0.2, -0.15) is 0 Å². The van der Waals surface area contributed by atoms with Crippen molar-refractivity contribution in [2.24, 2.45) is 11.8 Å². The minimum Gasteiger partial charge on any atom is -0.466 e. The highest BCUT2D eigenvalue weighted by Gasteiger charge is 2.42. The van der Waals surface area contributed by atoms with Crippen molar-refractivity contribution >= 4 is 41.9 Å². The van der Waals surface area contributed by atoms with Gasteiger partial charge in [0.05, 0.1) is 39.5 Å². The average molecular weight is 980 g/mol. The maximum absolute atomic E-state index is 13.7. The van der Waals surface area contributed by atoms with Crippen LogP contribution < -0.4 is 0 Å². The van der Waals surface area contributed by atoms with Crippen molar-refractivity contribution < 1.29 is 66.7 Å². The van der Waals surface area contributed by atoms with E-state index >= 15 is 0 Å². The zero-order valence-electron chi connectivity index (χ0n) is 43.6. The zero-order chi connectivity index (χ0) is 50.5. The number of likely N-dealkylation sites (tertiary alicyclic amines) is 1. The van der Waals surface area contributed by atoms with E-state index in [1.54, 1.807) is 20.8 Å². The van der Waals surface area contributed by atoms with E-state index in [9.17, 15) is 33.6 Å². The lowest BCUT2D eigenvalue weighted by molar-refractivity contribution is -0.166. The van der Waals surface area contributed by atoms with Crippen LogP contribution in [0.1, 0.15) is 234 Å². The molecular weight excluding hydrogens is 887 g/mol. The molecule has 2 saturated heterocycles. The van der Waals surface area contributed by atoms with Crippen molar-refractivity contribution in [1.82, 2.24) is 4.90 Å². The van der Waals surface area contributed by atoms with Crippen molar-refractivity contribution in [2.45, 2.75) is 251 Å². The lowest BCUT2D eigenvalue weighted by Crippen LogP contribution is -2.36. The Labute approximate surface area is 415 Å². The molecule has 398 valence electrons. The molecule has 0 aromatic heterocycles. The Balaban J connectivity index is 2.26. The van der Waals surface area contributed by atoms with Crippen LogP contribution in [0.5, 0.6) is 0 Å². The van der Waals surface area contributed by atoms with Gasteiger partial charge >= 0.3 is 41.9 Å². The number of amides is 1. The van der Waals surface area contributed by atoms with Crippen molar-refractivity contribution in [1.29, 1.82) is 0 Å². The minimum absolute atomic E-state index is 0.161. The highest BCUT2D eigenvalue weighted by atomic mass is 16.6. The van der Waals surface area contributed by atoms with Crippen molar-refractivity contribution in [3.8, 4) is 0 Å². The third-order valence-electron chi connectivity index (χ3n) is 12.5. The molecule has 2 aliphatic heterocycles. The van der Waals surface area contributed by atoms with Crippen LogP contribution in [-0.2, 0) is 61.9 Å². The Bertz CT molecular complexity index is 1370. The lowest BCUT2D eigenvalue weighted by atomic mass is 9.97. The fraction of sp³-hybridized carbons (Fsp3) is 0.870. The van der Waals surface area contributed by atoms with Gasteiger partial charge in [0, 0.05) is 38.5 Å². The second kappa shape index (κ2) is 37.9. The monoisotopic (exact) mass is 980 g/mol. The Kier molecular flexibility index (Phi) is 33.6. The Morgan fingerprint density at radius 2 is 0.826 bits per heavy atom. The van der Waals surface area contributed by atoms with Crippen LogP contribution in [-0.4, -0.2) is 104 Å². The molecule has 0 spiro atoms. The van der Waals surface area contributed by atoms with Gasteiger partial charge in [0.1, 0.15) is 5.60 Å². The SMILES string of the molecule is CCCCCCCCOC(=O)CC1CC(=O)OCCCCCCCCCCCCCCCOC(=O)CC(CC(=O)OCCCCCCCC)CC(=O)O[C@@H]2CN(C(=O)OC(C)(C)C)C[C@@H]2OC(=O)C1. The van der Waals surface area contributed by atoms with Crippen molar-refractivity contribution in [3.05, 3.63) is 0 Å². The fourth-order valence-corrected chi connectivity index (χ4v) is 8.62. The molecular formula is C54H93NO14. The van der Waals surface area contributed by atoms with Gasteiger partial charge in [-0.1, -0.05) is 149 Å². The van der Waals surface area contributed by atoms with E-state index in [2.05, 4.69) is 13.8 Å². The molecule has 2 aliphatic rings. The molecule has 0 N–H and O–H groups in total. The third-order valence-corrected chi connectivity index (χ3v) is 12.5. The molecule has 69 heavy (non-hydrogen) atoms. The normalized spacial score (nSPS) is 22.1. The van der Waals surface area contributed by atoms with Crippen LogP contribution in [0.15, 0.2) is 0 Å². The molecule has 0 radical (unpaired) electrons. The fourth-order valence-electron chi connectivity index (χ4n) is 8.62. The first-order valence-electron chi connectivity index (χ1n) is 27.2. The molecule has 15 nitrogen and oxygen atoms in total. The number of carbonyl (C=O) groups excluding carboxylic acids is 7. The quantitative estimate of drug-likeness (QED) is 0.0717. The molecule has 2 fully saturated rings. The van der Waals surface area contributed by atoms with Gasteiger partial charge in [-0.05, 0) is 58.3 Å². The number of carbonyl (C=O) groups is 7. The number of nitrogens with zero attached hydrogens (tertiary/aromatic N) is 1. The van der Waals surface area contributed by atoms with E-state index < -0.39 is 71.6 Å². The van der Waals surface area contributed by atoms with E-state index in [-0.39, 0.29) is 78.0 Å². The summed E-state index contributed by atoms with van der Waals surface area (Å²) in [5.41, 5.74) is -0.845.